The van der Waals surface area contributed by atoms with Gasteiger partial charge in [0, 0.05) is 39.4 Å². The van der Waals surface area contributed by atoms with E-state index in [-0.39, 0.29) is 24.0 Å². The summed E-state index contributed by atoms with van der Waals surface area (Å²) < 4.78 is 11.2. The smallest absolute Gasteiger partial charge is 0.191 e. The average molecular weight is 468 g/mol. The molecule has 0 amide bonds. The van der Waals surface area contributed by atoms with Crippen LogP contribution in [0.25, 0.3) is 0 Å². The van der Waals surface area contributed by atoms with E-state index in [1.807, 2.05) is 0 Å². The topological polar surface area (TPSA) is 58.1 Å². The standard InChI is InChI=1S/C18H36N4O2.HI/c1-3-19-18(21-13-16-8-10-22(4-2)14-16)20-9-6-11-23-15-17-7-5-12-24-17;/h16-17H,3-15H2,1-2H3,(H2,19,20,21);1H. The van der Waals surface area contributed by atoms with Gasteiger partial charge in [-0.3, -0.25) is 4.99 Å². The van der Waals surface area contributed by atoms with Gasteiger partial charge in [-0.05, 0) is 51.6 Å². The summed E-state index contributed by atoms with van der Waals surface area (Å²) in [6, 6.07) is 0. The lowest BCUT2D eigenvalue weighted by atomic mass is 10.1. The van der Waals surface area contributed by atoms with Crippen LogP contribution in [-0.4, -0.2) is 76.1 Å². The van der Waals surface area contributed by atoms with Gasteiger partial charge >= 0.3 is 0 Å². The van der Waals surface area contributed by atoms with Crippen LogP contribution in [0.5, 0.6) is 0 Å². The fourth-order valence-electron chi connectivity index (χ4n) is 3.28. The highest BCUT2D eigenvalue weighted by atomic mass is 127. The second kappa shape index (κ2) is 14.0. The van der Waals surface area contributed by atoms with Gasteiger partial charge in [0.15, 0.2) is 5.96 Å². The molecule has 2 heterocycles. The highest BCUT2D eigenvalue weighted by Crippen LogP contribution is 2.15. The molecule has 2 fully saturated rings. The normalized spacial score (nSPS) is 24.3. The van der Waals surface area contributed by atoms with Crippen molar-refractivity contribution in [3.8, 4) is 0 Å². The Hall–Kier alpha value is -0.120. The number of hydrogen-bond donors (Lipinski definition) is 2. The van der Waals surface area contributed by atoms with Gasteiger partial charge in [0.1, 0.15) is 0 Å². The Morgan fingerprint density at radius 3 is 2.84 bits per heavy atom. The van der Waals surface area contributed by atoms with Gasteiger partial charge in [-0.15, -0.1) is 24.0 Å². The minimum atomic E-state index is 0. The van der Waals surface area contributed by atoms with Crippen molar-refractivity contribution in [2.45, 2.75) is 45.6 Å². The highest BCUT2D eigenvalue weighted by molar-refractivity contribution is 14.0. The number of aliphatic imine (C=N–C) groups is 1. The summed E-state index contributed by atoms with van der Waals surface area (Å²) in [4.78, 5) is 7.26. The predicted octanol–water partition coefficient (Wildman–Crippen LogP) is 2.09. The number of ether oxygens (including phenoxy) is 2. The van der Waals surface area contributed by atoms with E-state index in [0.29, 0.717) is 12.0 Å². The molecule has 2 aliphatic rings. The second-order valence-corrected chi connectivity index (χ2v) is 6.76. The molecular weight excluding hydrogens is 431 g/mol. The van der Waals surface area contributed by atoms with Crippen LogP contribution in [0.2, 0.25) is 0 Å². The fourth-order valence-corrected chi connectivity index (χ4v) is 3.28. The maximum absolute atomic E-state index is 5.69. The van der Waals surface area contributed by atoms with Crippen molar-refractivity contribution in [3.63, 3.8) is 0 Å². The molecule has 148 valence electrons. The minimum absolute atomic E-state index is 0. The molecule has 7 heteroatoms. The van der Waals surface area contributed by atoms with E-state index < -0.39 is 0 Å². The lowest BCUT2D eigenvalue weighted by molar-refractivity contribution is 0.0168. The van der Waals surface area contributed by atoms with Crippen molar-refractivity contribution in [1.82, 2.24) is 15.5 Å². The number of halogens is 1. The quantitative estimate of drug-likeness (QED) is 0.223. The molecule has 2 unspecified atom stereocenters. The van der Waals surface area contributed by atoms with Crippen LogP contribution in [0.3, 0.4) is 0 Å². The molecule has 2 rings (SSSR count). The van der Waals surface area contributed by atoms with E-state index in [1.165, 1.54) is 25.9 Å². The summed E-state index contributed by atoms with van der Waals surface area (Å²) in [5.41, 5.74) is 0. The van der Waals surface area contributed by atoms with Gasteiger partial charge in [-0.2, -0.15) is 0 Å². The number of guanidine groups is 1. The van der Waals surface area contributed by atoms with E-state index in [1.54, 1.807) is 0 Å². The highest BCUT2D eigenvalue weighted by Gasteiger charge is 2.20. The third-order valence-corrected chi connectivity index (χ3v) is 4.75. The molecule has 2 saturated heterocycles. The Kier molecular flexibility index (Phi) is 12.8. The molecule has 2 atom stereocenters. The van der Waals surface area contributed by atoms with E-state index in [0.717, 1.165) is 64.8 Å². The minimum Gasteiger partial charge on any atom is -0.379 e. The van der Waals surface area contributed by atoms with Crippen molar-refractivity contribution in [2.24, 2.45) is 10.9 Å². The Labute approximate surface area is 170 Å². The summed E-state index contributed by atoms with van der Waals surface area (Å²) in [6.07, 6.45) is 4.91. The summed E-state index contributed by atoms with van der Waals surface area (Å²) in [5.74, 6) is 1.64. The van der Waals surface area contributed by atoms with Crippen LogP contribution in [0.1, 0.15) is 39.5 Å². The fraction of sp³-hybridized carbons (Fsp3) is 0.944. The lowest BCUT2D eigenvalue weighted by Gasteiger charge is -2.14. The molecule has 2 aliphatic heterocycles. The molecule has 0 aromatic rings. The van der Waals surface area contributed by atoms with Crippen LogP contribution in [0.15, 0.2) is 4.99 Å². The summed E-state index contributed by atoms with van der Waals surface area (Å²) in [5, 5.41) is 6.74. The van der Waals surface area contributed by atoms with Crippen LogP contribution in [-0.2, 0) is 9.47 Å². The van der Waals surface area contributed by atoms with Crippen LogP contribution in [0, 0.1) is 5.92 Å². The van der Waals surface area contributed by atoms with Gasteiger partial charge in [0.05, 0.1) is 12.7 Å². The average Bonchev–Trinajstić information content (AvgIpc) is 3.27. The zero-order valence-electron chi connectivity index (χ0n) is 16.0. The Balaban J connectivity index is 0.00000312. The Bertz CT molecular complexity index is 365. The number of nitrogens with zero attached hydrogens (tertiary/aromatic N) is 2. The molecule has 0 aromatic carbocycles. The van der Waals surface area contributed by atoms with Gasteiger partial charge in [-0.1, -0.05) is 6.92 Å². The third-order valence-electron chi connectivity index (χ3n) is 4.75. The van der Waals surface area contributed by atoms with E-state index in [9.17, 15) is 0 Å². The van der Waals surface area contributed by atoms with Crippen molar-refractivity contribution in [1.29, 1.82) is 0 Å². The number of rotatable bonds is 10. The summed E-state index contributed by atoms with van der Waals surface area (Å²) in [7, 11) is 0. The molecule has 0 aromatic heterocycles. The molecule has 0 spiro atoms. The third kappa shape index (κ3) is 9.40. The lowest BCUT2D eigenvalue weighted by Crippen LogP contribution is -2.38. The van der Waals surface area contributed by atoms with E-state index in [2.05, 4.69) is 29.4 Å². The zero-order chi connectivity index (χ0) is 17.0. The SMILES string of the molecule is CCNC(=NCC1CCN(CC)C1)NCCCOCC1CCCO1.I. The Morgan fingerprint density at radius 1 is 1.28 bits per heavy atom. The first-order chi connectivity index (χ1) is 11.8. The van der Waals surface area contributed by atoms with Gasteiger partial charge in [-0.25, -0.2) is 0 Å². The van der Waals surface area contributed by atoms with E-state index in [4.69, 9.17) is 14.5 Å². The van der Waals surface area contributed by atoms with Crippen LogP contribution in [0.4, 0.5) is 0 Å². The zero-order valence-corrected chi connectivity index (χ0v) is 18.3. The second-order valence-electron chi connectivity index (χ2n) is 6.76. The van der Waals surface area contributed by atoms with Crippen LogP contribution >= 0.6 is 24.0 Å². The molecule has 0 bridgehead atoms. The molecule has 0 aliphatic carbocycles. The predicted molar refractivity (Wildman–Crippen MR) is 114 cm³/mol. The molecule has 6 nitrogen and oxygen atoms in total. The van der Waals surface area contributed by atoms with Gasteiger partial charge in [0.2, 0.25) is 0 Å². The first kappa shape index (κ1) is 22.9. The Morgan fingerprint density at radius 2 is 2.16 bits per heavy atom. The molecular formula is C18H37IN4O2. The molecule has 0 saturated carbocycles. The number of likely N-dealkylation sites (tertiary alicyclic amines) is 1. The number of nitrogens with one attached hydrogen (secondary N) is 2. The first-order valence-corrected chi connectivity index (χ1v) is 9.75. The van der Waals surface area contributed by atoms with Crippen molar-refractivity contribution in [3.05, 3.63) is 0 Å². The molecule has 25 heavy (non-hydrogen) atoms. The molecule has 0 radical (unpaired) electrons. The maximum Gasteiger partial charge on any atom is 0.191 e. The largest absolute Gasteiger partial charge is 0.379 e. The van der Waals surface area contributed by atoms with Gasteiger partial charge in [0.25, 0.3) is 0 Å². The van der Waals surface area contributed by atoms with Crippen molar-refractivity contribution >= 4 is 29.9 Å². The maximum atomic E-state index is 5.69. The summed E-state index contributed by atoms with van der Waals surface area (Å²) >= 11 is 0. The van der Waals surface area contributed by atoms with E-state index >= 15 is 0 Å². The van der Waals surface area contributed by atoms with Crippen molar-refractivity contribution < 1.29 is 9.47 Å². The first-order valence-electron chi connectivity index (χ1n) is 9.75. The monoisotopic (exact) mass is 468 g/mol. The molecule has 2 N–H and O–H groups in total. The van der Waals surface area contributed by atoms with Crippen LogP contribution < -0.4 is 10.6 Å². The number of hydrogen-bond acceptors (Lipinski definition) is 4. The van der Waals surface area contributed by atoms with Crippen molar-refractivity contribution in [2.75, 3.05) is 59.1 Å². The van der Waals surface area contributed by atoms with Gasteiger partial charge < -0.3 is 25.0 Å². The summed E-state index contributed by atoms with van der Waals surface area (Å²) in [6.45, 7) is 13.0.